The van der Waals surface area contributed by atoms with E-state index < -0.39 is 0 Å². The fraction of sp³-hybridized carbons (Fsp3) is 0.294. The van der Waals surface area contributed by atoms with Crippen LogP contribution in [0.2, 0.25) is 0 Å². The number of rotatable bonds is 4. The summed E-state index contributed by atoms with van der Waals surface area (Å²) in [5.41, 5.74) is 2.87. The molecule has 1 aromatic heterocycles. The van der Waals surface area contributed by atoms with Crippen LogP contribution in [-0.4, -0.2) is 33.4 Å². The molecule has 0 aliphatic carbocycles. The Hall–Kier alpha value is -2.56. The summed E-state index contributed by atoms with van der Waals surface area (Å²) in [5.74, 6) is 2.65. The maximum atomic E-state index is 5.55. The predicted octanol–water partition coefficient (Wildman–Crippen LogP) is 3.66. The lowest BCUT2D eigenvalue weighted by Gasteiger charge is -2.12. The minimum Gasteiger partial charge on any atom is -0.494 e. The Bertz CT molecular complexity index is 851. The number of aryl methyl sites for hydroxylation is 1. The van der Waals surface area contributed by atoms with E-state index in [0.717, 1.165) is 33.1 Å². The van der Waals surface area contributed by atoms with Gasteiger partial charge in [0.2, 0.25) is 5.75 Å². The standard InChI is InChI=1S/C17H19NO4/c1-9-6-7-10-11-8-12(19-2)16(21-4)17(22-5)14(11)18-13(10)15(9)20-3/h6-8,18H,1-5H3. The highest BCUT2D eigenvalue weighted by Gasteiger charge is 2.20. The van der Waals surface area contributed by atoms with E-state index >= 15 is 0 Å². The molecule has 1 heterocycles. The second kappa shape index (κ2) is 5.33. The van der Waals surface area contributed by atoms with Crippen molar-refractivity contribution in [2.75, 3.05) is 28.4 Å². The third-order valence-electron chi connectivity index (χ3n) is 3.93. The smallest absolute Gasteiger partial charge is 0.205 e. The second-order valence-corrected chi connectivity index (χ2v) is 5.03. The molecule has 3 aromatic rings. The molecule has 0 saturated carbocycles. The Labute approximate surface area is 128 Å². The van der Waals surface area contributed by atoms with Gasteiger partial charge in [-0.05, 0) is 18.6 Å². The molecule has 1 N–H and O–H groups in total. The summed E-state index contributed by atoms with van der Waals surface area (Å²) in [4.78, 5) is 3.40. The van der Waals surface area contributed by atoms with Gasteiger partial charge in [0.25, 0.3) is 0 Å². The molecule has 0 aliphatic heterocycles. The Morgan fingerprint density at radius 1 is 0.727 bits per heavy atom. The van der Waals surface area contributed by atoms with Gasteiger partial charge in [0, 0.05) is 10.8 Å². The monoisotopic (exact) mass is 301 g/mol. The zero-order valence-electron chi connectivity index (χ0n) is 13.4. The van der Waals surface area contributed by atoms with Crippen molar-refractivity contribution in [1.29, 1.82) is 0 Å². The maximum Gasteiger partial charge on any atom is 0.205 e. The predicted molar refractivity (Wildman–Crippen MR) is 86.7 cm³/mol. The van der Waals surface area contributed by atoms with Crippen LogP contribution in [0.1, 0.15) is 5.56 Å². The van der Waals surface area contributed by atoms with Crippen molar-refractivity contribution in [3.8, 4) is 23.0 Å². The normalized spacial score (nSPS) is 11.0. The summed E-state index contributed by atoms with van der Waals surface area (Å²) >= 11 is 0. The minimum atomic E-state index is 0.569. The van der Waals surface area contributed by atoms with Gasteiger partial charge in [0.1, 0.15) is 5.75 Å². The molecule has 3 rings (SSSR count). The molecule has 2 aromatic carbocycles. The van der Waals surface area contributed by atoms with E-state index in [4.69, 9.17) is 18.9 Å². The summed E-state index contributed by atoms with van der Waals surface area (Å²) in [6.45, 7) is 2.02. The lowest BCUT2D eigenvalue weighted by atomic mass is 10.1. The van der Waals surface area contributed by atoms with Gasteiger partial charge in [0.15, 0.2) is 11.5 Å². The lowest BCUT2D eigenvalue weighted by Crippen LogP contribution is -1.95. The molecule has 0 unspecified atom stereocenters. The Balaban J connectivity index is 2.50. The zero-order chi connectivity index (χ0) is 15.9. The first-order chi connectivity index (χ1) is 10.7. The number of hydrogen-bond acceptors (Lipinski definition) is 4. The quantitative estimate of drug-likeness (QED) is 0.799. The van der Waals surface area contributed by atoms with Crippen LogP contribution in [0.15, 0.2) is 18.2 Å². The SMILES string of the molecule is COc1cc2c([nH]c3c(OC)c(C)ccc32)c(OC)c1OC. The largest absolute Gasteiger partial charge is 0.494 e. The van der Waals surface area contributed by atoms with Gasteiger partial charge in [0.05, 0.1) is 39.5 Å². The number of nitrogens with one attached hydrogen (secondary N) is 1. The first-order valence-electron chi connectivity index (χ1n) is 6.94. The van der Waals surface area contributed by atoms with E-state index in [0.29, 0.717) is 17.2 Å². The van der Waals surface area contributed by atoms with Crippen LogP contribution in [0, 0.1) is 6.92 Å². The van der Waals surface area contributed by atoms with Crippen molar-refractivity contribution in [2.45, 2.75) is 6.92 Å². The molecule has 0 aliphatic rings. The van der Waals surface area contributed by atoms with E-state index in [1.807, 2.05) is 19.1 Å². The third kappa shape index (κ3) is 1.85. The summed E-state index contributed by atoms with van der Waals surface area (Å²) in [6.07, 6.45) is 0. The Morgan fingerprint density at radius 3 is 1.95 bits per heavy atom. The van der Waals surface area contributed by atoms with E-state index in [2.05, 4.69) is 11.1 Å². The zero-order valence-corrected chi connectivity index (χ0v) is 13.4. The van der Waals surface area contributed by atoms with E-state index in [-0.39, 0.29) is 0 Å². The number of H-pyrrole nitrogens is 1. The first kappa shape index (κ1) is 14.4. The van der Waals surface area contributed by atoms with E-state index in [9.17, 15) is 0 Å². The number of aromatic nitrogens is 1. The molecule has 22 heavy (non-hydrogen) atoms. The van der Waals surface area contributed by atoms with Crippen LogP contribution in [0.3, 0.4) is 0 Å². The molecule has 0 spiro atoms. The Kier molecular flexibility index (Phi) is 3.48. The highest BCUT2D eigenvalue weighted by molar-refractivity contribution is 6.12. The summed E-state index contributed by atoms with van der Waals surface area (Å²) < 4.78 is 22.0. The molecule has 0 bridgehead atoms. The minimum absolute atomic E-state index is 0.569. The van der Waals surface area contributed by atoms with Crippen LogP contribution >= 0.6 is 0 Å². The lowest BCUT2D eigenvalue weighted by molar-refractivity contribution is 0.327. The maximum absolute atomic E-state index is 5.55. The van der Waals surface area contributed by atoms with Crippen molar-refractivity contribution < 1.29 is 18.9 Å². The van der Waals surface area contributed by atoms with Crippen molar-refractivity contribution in [3.05, 3.63) is 23.8 Å². The molecular weight excluding hydrogens is 282 g/mol. The van der Waals surface area contributed by atoms with Crippen LogP contribution < -0.4 is 18.9 Å². The Morgan fingerprint density at radius 2 is 1.36 bits per heavy atom. The fourth-order valence-electron chi connectivity index (χ4n) is 2.92. The number of ether oxygens (including phenoxy) is 4. The second-order valence-electron chi connectivity index (χ2n) is 5.03. The van der Waals surface area contributed by atoms with Crippen molar-refractivity contribution in [2.24, 2.45) is 0 Å². The van der Waals surface area contributed by atoms with Gasteiger partial charge in [-0.1, -0.05) is 12.1 Å². The summed E-state index contributed by atoms with van der Waals surface area (Å²) in [5, 5.41) is 2.06. The van der Waals surface area contributed by atoms with Crippen molar-refractivity contribution >= 4 is 21.8 Å². The van der Waals surface area contributed by atoms with Crippen LogP contribution in [0.25, 0.3) is 21.8 Å². The number of fused-ring (bicyclic) bond motifs is 3. The third-order valence-corrected chi connectivity index (χ3v) is 3.93. The first-order valence-corrected chi connectivity index (χ1v) is 6.94. The molecule has 5 heteroatoms. The van der Waals surface area contributed by atoms with Crippen molar-refractivity contribution in [1.82, 2.24) is 4.98 Å². The van der Waals surface area contributed by atoms with Gasteiger partial charge >= 0.3 is 0 Å². The van der Waals surface area contributed by atoms with Gasteiger partial charge < -0.3 is 23.9 Å². The number of hydrogen-bond donors (Lipinski definition) is 1. The summed E-state index contributed by atoms with van der Waals surface area (Å²) in [7, 11) is 6.50. The van der Waals surface area contributed by atoms with Gasteiger partial charge in [-0.25, -0.2) is 0 Å². The van der Waals surface area contributed by atoms with Crippen LogP contribution in [-0.2, 0) is 0 Å². The average Bonchev–Trinajstić information content (AvgIpc) is 2.90. The molecule has 0 saturated heterocycles. The van der Waals surface area contributed by atoms with Crippen LogP contribution in [0.4, 0.5) is 0 Å². The molecule has 0 radical (unpaired) electrons. The van der Waals surface area contributed by atoms with E-state index in [1.165, 1.54) is 0 Å². The molecule has 0 fully saturated rings. The molecule has 0 amide bonds. The topological polar surface area (TPSA) is 52.7 Å². The highest BCUT2D eigenvalue weighted by Crippen LogP contribution is 2.46. The molecular formula is C17H19NO4. The molecule has 0 atom stereocenters. The van der Waals surface area contributed by atoms with Crippen molar-refractivity contribution in [3.63, 3.8) is 0 Å². The number of benzene rings is 2. The number of aromatic amines is 1. The highest BCUT2D eigenvalue weighted by atomic mass is 16.5. The van der Waals surface area contributed by atoms with Gasteiger partial charge in [-0.3, -0.25) is 0 Å². The van der Waals surface area contributed by atoms with Crippen LogP contribution in [0.5, 0.6) is 23.0 Å². The average molecular weight is 301 g/mol. The van der Waals surface area contributed by atoms with Gasteiger partial charge in [-0.15, -0.1) is 0 Å². The van der Waals surface area contributed by atoms with E-state index in [1.54, 1.807) is 28.4 Å². The molecule has 5 nitrogen and oxygen atoms in total. The number of methoxy groups -OCH3 is 4. The summed E-state index contributed by atoms with van der Waals surface area (Å²) in [6, 6.07) is 6.05. The fourth-order valence-corrected chi connectivity index (χ4v) is 2.92. The molecule has 116 valence electrons. The van der Waals surface area contributed by atoms with Gasteiger partial charge in [-0.2, -0.15) is 0 Å².